The van der Waals surface area contributed by atoms with Crippen molar-refractivity contribution in [3.63, 3.8) is 0 Å². The SMILES string of the molecule is COCC(NCCCN(C(=O)OC(C)(C)C)C1CC1)C(C)C. The van der Waals surface area contributed by atoms with Gasteiger partial charge in [-0.1, -0.05) is 13.8 Å². The minimum absolute atomic E-state index is 0.174. The van der Waals surface area contributed by atoms with Crippen LogP contribution in [0.2, 0.25) is 0 Å². The van der Waals surface area contributed by atoms with Crippen molar-refractivity contribution in [2.75, 3.05) is 26.8 Å². The summed E-state index contributed by atoms with van der Waals surface area (Å²) in [7, 11) is 1.73. The molecule has 1 atom stereocenters. The highest BCUT2D eigenvalue weighted by Gasteiger charge is 2.34. The Labute approximate surface area is 135 Å². The van der Waals surface area contributed by atoms with E-state index in [1.165, 1.54) is 0 Å². The number of carbonyl (C=O) groups excluding carboxylic acids is 1. The normalized spacial score (nSPS) is 16.7. The fourth-order valence-corrected chi connectivity index (χ4v) is 2.33. The number of nitrogens with zero attached hydrogens (tertiary/aromatic N) is 1. The molecular formula is C17H34N2O3. The molecular weight excluding hydrogens is 280 g/mol. The van der Waals surface area contributed by atoms with E-state index in [2.05, 4.69) is 19.2 Å². The maximum Gasteiger partial charge on any atom is 0.410 e. The van der Waals surface area contributed by atoms with Crippen LogP contribution in [0.1, 0.15) is 53.9 Å². The third-order valence-corrected chi connectivity index (χ3v) is 3.75. The molecule has 1 N–H and O–H groups in total. The number of hydrogen-bond donors (Lipinski definition) is 1. The van der Waals surface area contributed by atoms with Gasteiger partial charge in [-0.05, 0) is 52.5 Å². The molecule has 5 heteroatoms. The smallest absolute Gasteiger partial charge is 0.410 e. The zero-order valence-electron chi connectivity index (χ0n) is 15.1. The standard InChI is InChI=1S/C17H34N2O3/c1-13(2)15(12-21-6)18-10-7-11-19(14-8-9-14)16(20)22-17(3,4)5/h13-15,18H,7-12H2,1-6H3. The van der Waals surface area contributed by atoms with Crippen LogP contribution in [0, 0.1) is 5.92 Å². The lowest BCUT2D eigenvalue weighted by atomic mass is 10.1. The Morgan fingerprint density at radius 2 is 1.95 bits per heavy atom. The van der Waals surface area contributed by atoms with Crippen molar-refractivity contribution >= 4 is 6.09 Å². The topological polar surface area (TPSA) is 50.8 Å². The maximum absolute atomic E-state index is 12.2. The van der Waals surface area contributed by atoms with Gasteiger partial charge in [-0.25, -0.2) is 4.79 Å². The molecule has 1 amide bonds. The predicted molar refractivity (Wildman–Crippen MR) is 89.1 cm³/mol. The van der Waals surface area contributed by atoms with E-state index in [4.69, 9.17) is 9.47 Å². The number of rotatable bonds is 9. The summed E-state index contributed by atoms with van der Waals surface area (Å²) in [6.07, 6.45) is 2.96. The summed E-state index contributed by atoms with van der Waals surface area (Å²) < 4.78 is 10.7. The Morgan fingerprint density at radius 3 is 2.41 bits per heavy atom. The van der Waals surface area contributed by atoms with Crippen molar-refractivity contribution in [3.05, 3.63) is 0 Å². The highest BCUT2D eigenvalue weighted by molar-refractivity contribution is 5.69. The fraction of sp³-hybridized carbons (Fsp3) is 0.941. The molecule has 5 nitrogen and oxygen atoms in total. The second kappa shape index (κ2) is 8.73. The number of hydrogen-bond acceptors (Lipinski definition) is 4. The summed E-state index contributed by atoms with van der Waals surface area (Å²) in [5.41, 5.74) is -0.427. The summed E-state index contributed by atoms with van der Waals surface area (Å²) in [6, 6.07) is 0.746. The number of nitrogens with one attached hydrogen (secondary N) is 1. The third kappa shape index (κ3) is 7.45. The van der Waals surface area contributed by atoms with Gasteiger partial charge in [-0.2, -0.15) is 0 Å². The van der Waals surface area contributed by atoms with Gasteiger partial charge in [0, 0.05) is 25.7 Å². The van der Waals surface area contributed by atoms with Gasteiger partial charge in [0.25, 0.3) is 0 Å². The van der Waals surface area contributed by atoms with Gasteiger partial charge in [0.1, 0.15) is 5.60 Å². The van der Waals surface area contributed by atoms with Gasteiger partial charge in [0.15, 0.2) is 0 Å². The molecule has 0 aliphatic heterocycles. The summed E-state index contributed by atoms with van der Waals surface area (Å²) in [6.45, 7) is 12.5. The van der Waals surface area contributed by atoms with Crippen LogP contribution in [0.25, 0.3) is 0 Å². The van der Waals surface area contributed by atoms with E-state index in [0.717, 1.165) is 39.0 Å². The summed E-state index contributed by atoms with van der Waals surface area (Å²) in [5.74, 6) is 0.533. The van der Waals surface area contributed by atoms with Crippen LogP contribution in [0.5, 0.6) is 0 Å². The lowest BCUT2D eigenvalue weighted by molar-refractivity contribution is 0.0231. The molecule has 0 heterocycles. The van der Waals surface area contributed by atoms with Gasteiger partial charge >= 0.3 is 6.09 Å². The highest BCUT2D eigenvalue weighted by atomic mass is 16.6. The van der Waals surface area contributed by atoms with Gasteiger partial charge in [0.2, 0.25) is 0 Å². The number of ether oxygens (including phenoxy) is 2. The van der Waals surface area contributed by atoms with Crippen molar-refractivity contribution in [1.29, 1.82) is 0 Å². The van der Waals surface area contributed by atoms with E-state index in [1.54, 1.807) is 7.11 Å². The quantitative estimate of drug-likeness (QED) is 0.665. The number of amides is 1. The lowest BCUT2D eigenvalue weighted by Gasteiger charge is -2.28. The Balaban J connectivity index is 2.34. The van der Waals surface area contributed by atoms with Crippen LogP contribution in [0.15, 0.2) is 0 Å². The molecule has 1 aliphatic rings. The summed E-state index contributed by atoms with van der Waals surface area (Å²) in [5, 5.41) is 3.52. The Bertz CT molecular complexity index is 335. The van der Waals surface area contributed by atoms with Crippen LogP contribution in [-0.4, -0.2) is 55.5 Å². The molecule has 0 aromatic carbocycles. The molecule has 0 radical (unpaired) electrons. The van der Waals surface area contributed by atoms with Crippen molar-refractivity contribution < 1.29 is 14.3 Å². The molecule has 0 aromatic heterocycles. The predicted octanol–water partition coefficient (Wildman–Crippen LogP) is 3.04. The van der Waals surface area contributed by atoms with E-state index < -0.39 is 5.60 Å². The van der Waals surface area contributed by atoms with Gasteiger partial charge < -0.3 is 19.7 Å². The van der Waals surface area contributed by atoms with Gasteiger partial charge in [-0.15, -0.1) is 0 Å². The first-order chi connectivity index (χ1) is 10.2. The summed E-state index contributed by atoms with van der Waals surface area (Å²) >= 11 is 0. The molecule has 1 aliphatic carbocycles. The van der Waals surface area contributed by atoms with E-state index in [0.29, 0.717) is 18.0 Å². The van der Waals surface area contributed by atoms with Crippen LogP contribution in [-0.2, 0) is 9.47 Å². The van der Waals surface area contributed by atoms with Crippen molar-refractivity contribution in [2.45, 2.75) is 71.6 Å². The average Bonchev–Trinajstić information content (AvgIpc) is 3.19. The largest absolute Gasteiger partial charge is 0.444 e. The number of methoxy groups -OCH3 is 1. The van der Waals surface area contributed by atoms with Gasteiger partial charge in [-0.3, -0.25) is 0 Å². The molecule has 130 valence electrons. The van der Waals surface area contributed by atoms with Crippen LogP contribution < -0.4 is 5.32 Å². The van der Waals surface area contributed by atoms with Crippen molar-refractivity contribution in [2.24, 2.45) is 5.92 Å². The zero-order valence-corrected chi connectivity index (χ0v) is 15.1. The average molecular weight is 314 g/mol. The van der Waals surface area contributed by atoms with Crippen molar-refractivity contribution in [1.82, 2.24) is 10.2 Å². The molecule has 0 spiro atoms. The highest BCUT2D eigenvalue weighted by Crippen LogP contribution is 2.28. The Kier molecular flexibility index (Phi) is 7.63. The molecule has 0 saturated heterocycles. The molecule has 1 unspecified atom stereocenters. The Hall–Kier alpha value is -0.810. The minimum Gasteiger partial charge on any atom is -0.444 e. The molecule has 1 fully saturated rings. The molecule has 0 aromatic rings. The van der Waals surface area contributed by atoms with E-state index in [-0.39, 0.29) is 6.09 Å². The minimum atomic E-state index is -0.427. The molecule has 1 saturated carbocycles. The van der Waals surface area contributed by atoms with Crippen LogP contribution in [0.3, 0.4) is 0 Å². The van der Waals surface area contributed by atoms with Crippen LogP contribution in [0.4, 0.5) is 4.79 Å². The van der Waals surface area contributed by atoms with E-state index in [9.17, 15) is 4.79 Å². The Morgan fingerprint density at radius 1 is 1.32 bits per heavy atom. The molecule has 0 bridgehead atoms. The zero-order chi connectivity index (χ0) is 16.8. The van der Waals surface area contributed by atoms with E-state index >= 15 is 0 Å². The molecule has 22 heavy (non-hydrogen) atoms. The fourth-order valence-electron chi connectivity index (χ4n) is 2.33. The monoisotopic (exact) mass is 314 g/mol. The van der Waals surface area contributed by atoms with E-state index in [1.807, 2.05) is 25.7 Å². The second-order valence-corrected chi connectivity index (χ2v) is 7.52. The lowest BCUT2D eigenvalue weighted by Crippen LogP contribution is -2.41. The first kappa shape index (κ1) is 19.2. The van der Waals surface area contributed by atoms with Gasteiger partial charge in [0.05, 0.1) is 6.61 Å². The first-order valence-electron chi connectivity index (χ1n) is 8.46. The third-order valence-electron chi connectivity index (χ3n) is 3.75. The molecule has 1 rings (SSSR count). The maximum atomic E-state index is 12.2. The van der Waals surface area contributed by atoms with Crippen LogP contribution >= 0.6 is 0 Å². The second-order valence-electron chi connectivity index (χ2n) is 7.52. The van der Waals surface area contributed by atoms with Crippen molar-refractivity contribution in [3.8, 4) is 0 Å². The summed E-state index contributed by atoms with van der Waals surface area (Å²) in [4.78, 5) is 14.1. The first-order valence-corrected chi connectivity index (χ1v) is 8.46. The number of carbonyl (C=O) groups is 1.